The highest BCUT2D eigenvalue weighted by Crippen LogP contribution is 2.15. The second-order valence-electron chi connectivity index (χ2n) is 4.78. The second kappa shape index (κ2) is 7.02. The molecule has 86 valence electrons. The quantitative estimate of drug-likeness (QED) is 0.700. The molecule has 1 aromatic heterocycles. The van der Waals surface area contributed by atoms with Crippen LogP contribution in [0, 0.1) is 11.8 Å². The average molecular weight is 225 g/mol. The van der Waals surface area contributed by atoms with Crippen molar-refractivity contribution in [3.8, 4) is 0 Å². The Labute approximate surface area is 97.9 Å². The van der Waals surface area contributed by atoms with Crippen LogP contribution >= 0.6 is 11.3 Å². The molecule has 0 radical (unpaired) electrons. The van der Waals surface area contributed by atoms with Crippen LogP contribution in [-0.4, -0.2) is 13.1 Å². The first-order chi connectivity index (χ1) is 7.18. The molecule has 2 heteroatoms. The van der Waals surface area contributed by atoms with Crippen LogP contribution in [0.1, 0.15) is 32.1 Å². The zero-order valence-corrected chi connectivity index (χ0v) is 10.9. The number of rotatable bonds is 7. The third-order valence-corrected chi connectivity index (χ3v) is 3.39. The van der Waals surface area contributed by atoms with Crippen LogP contribution in [0.25, 0.3) is 0 Å². The first-order valence-corrected chi connectivity index (χ1v) is 6.79. The fourth-order valence-corrected chi connectivity index (χ4v) is 2.48. The van der Waals surface area contributed by atoms with Crippen LogP contribution in [0.15, 0.2) is 17.5 Å². The average Bonchev–Trinajstić information content (AvgIpc) is 2.64. The van der Waals surface area contributed by atoms with E-state index in [-0.39, 0.29) is 0 Å². The Hall–Kier alpha value is -0.340. The van der Waals surface area contributed by atoms with Crippen LogP contribution in [0.3, 0.4) is 0 Å². The zero-order valence-electron chi connectivity index (χ0n) is 10.1. The van der Waals surface area contributed by atoms with Crippen molar-refractivity contribution in [2.24, 2.45) is 11.8 Å². The summed E-state index contributed by atoms with van der Waals surface area (Å²) < 4.78 is 0. The lowest BCUT2D eigenvalue weighted by atomic mass is 10.0. The van der Waals surface area contributed by atoms with Gasteiger partial charge >= 0.3 is 0 Å². The predicted molar refractivity (Wildman–Crippen MR) is 69.5 cm³/mol. The van der Waals surface area contributed by atoms with E-state index in [0.29, 0.717) is 0 Å². The van der Waals surface area contributed by atoms with Crippen LogP contribution in [0.5, 0.6) is 0 Å². The van der Waals surface area contributed by atoms with Gasteiger partial charge in [0.15, 0.2) is 0 Å². The van der Waals surface area contributed by atoms with Gasteiger partial charge in [-0.15, -0.1) is 11.3 Å². The lowest BCUT2D eigenvalue weighted by Gasteiger charge is -2.12. The molecule has 0 amide bonds. The normalized spacial score (nSPS) is 13.3. The van der Waals surface area contributed by atoms with Gasteiger partial charge in [-0.2, -0.15) is 0 Å². The van der Waals surface area contributed by atoms with E-state index >= 15 is 0 Å². The van der Waals surface area contributed by atoms with Crippen LogP contribution in [0.4, 0.5) is 0 Å². The Morgan fingerprint density at radius 1 is 1.33 bits per heavy atom. The van der Waals surface area contributed by atoms with Gasteiger partial charge in [-0.3, -0.25) is 0 Å². The predicted octanol–water partition coefficient (Wildman–Crippen LogP) is 3.56. The maximum absolute atomic E-state index is 3.50. The van der Waals surface area contributed by atoms with Gasteiger partial charge in [0.05, 0.1) is 0 Å². The van der Waals surface area contributed by atoms with E-state index in [4.69, 9.17) is 0 Å². The molecule has 1 heterocycles. The van der Waals surface area contributed by atoms with E-state index in [1.165, 1.54) is 17.7 Å². The summed E-state index contributed by atoms with van der Waals surface area (Å²) in [5, 5.41) is 5.66. The van der Waals surface area contributed by atoms with Crippen LogP contribution in [-0.2, 0) is 6.42 Å². The number of hydrogen-bond acceptors (Lipinski definition) is 2. The molecule has 1 N–H and O–H groups in total. The molecular weight excluding hydrogens is 202 g/mol. The van der Waals surface area contributed by atoms with Crippen LogP contribution < -0.4 is 5.32 Å². The summed E-state index contributed by atoms with van der Waals surface area (Å²) in [5.41, 5.74) is 0. The molecule has 0 saturated carbocycles. The van der Waals surface area contributed by atoms with Gasteiger partial charge < -0.3 is 5.32 Å². The van der Waals surface area contributed by atoms with Crippen molar-refractivity contribution in [2.45, 2.75) is 33.6 Å². The minimum atomic E-state index is 0.762. The molecule has 0 bridgehead atoms. The lowest BCUT2D eigenvalue weighted by molar-refractivity contribution is 0.476. The van der Waals surface area contributed by atoms with E-state index < -0.39 is 0 Å². The van der Waals surface area contributed by atoms with Crippen molar-refractivity contribution in [3.05, 3.63) is 22.4 Å². The fraction of sp³-hybridized carbons (Fsp3) is 0.692. The number of thiophene rings is 1. The largest absolute Gasteiger partial charge is 0.316 e. The van der Waals surface area contributed by atoms with E-state index in [0.717, 1.165) is 24.9 Å². The van der Waals surface area contributed by atoms with Crippen molar-refractivity contribution in [3.63, 3.8) is 0 Å². The molecule has 0 aliphatic heterocycles. The van der Waals surface area contributed by atoms with Gasteiger partial charge in [0.2, 0.25) is 0 Å². The molecule has 0 aliphatic rings. The van der Waals surface area contributed by atoms with Gasteiger partial charge in [0, 0.05) is 4.88 Å². The Balaban J connectivity index is 2.06. The van der Waals surface area contributed by atoms with Crippen molar-refractivity contribution in [1.29, 1.82) is 0 Å². The zero-order chi connectivity index (χ0) is 11.1. The third kappa shape index (κ3) is 5.95. The molecule has 15 heavy (non-hydrogen) atoms. The SMILES string of the molecule is CC(C)CNCCC(C)Cc1cccs1. The van der Waals surface area contributed by atoms with Gasteiger partial charge in [-0.25, -0.2) is 0 Å². The summed E-state index contributed by atoms with van der Waals surface area (Å²) in [6.07, 6.45) is 2.52. The summed E-state index contributed by atoms with van der Waals surface area (Å²) >= 11 is 1.87. The standard InChI is InChI=1S/C13H23NS/c1-11(2)10-14-7-6-12(3)9-13-5-4-8-15-13/h4-5,8,11-12,14H,6-7,9-10H2,1-3H3. The molecule has 0 aliphatic carbocycles. The van der Waals surface area contributed by atoms with E-state index in [9.17, 15) is 0 Å². The molecule has 0 spiro atoms. The van der Waals surface area contributed by atoms with Gasteiger partial charge in [-0.1, -0.05) is 26.8 Å². The van der Waals surface area contributed by atoms with E-state index in [1.807, 2.05) is 11.3 Å². The Bertz CT molecular complexity index is 241. The molecule has 1 nitrogen and oxygen atoms in total. The molecule has 1 atom stereocenters. The summed E-state index contributed by atoms with van der Waals surface area (Å²) in [5.74, 6) is 1.56. The first-order valence-electron chi connectivity index (χ1n) is 5.91. The molecule has 1 aromatic rings. The number of nitrogens with one attached hydrogen (secondary N) is 1. The van der Waals surface area contributed by atoms with Gasteiger partial charge in [0.25, 0.3) is 0 Å². The molecular formula is C13H23NS. The first kappa shape index (κ1) is 12.7. The fourth-order valence-electron chi connectivity index (χ4n) is 1.61. The highest BCUT2D eigenvalue weighted by molar-refractivity contribution is 7.09. The lowest BCUT2D eigenvalue weighted by Crippen LogP contribution is -2.22. The van der Waals surface area contributed by atoms with Crippen molar-refractivity contribution in [1.82, 2.24) is 5.32 Å². The highest BCUT2D eigenvalue weighted by Gasteiger charge is 2.04. The Kier molecular flexibility index (Phi) is 5.96. The van der Waals surface area contributed by atoms with Gasteiger partial charge in [-0.05, 0) is 49.2 Å². The topological polar surface area (TPSA) is 12.0 Å². The Morgan fingerprint density at radius 2 is 2.13 bits per heavy atom. The molecule has 1 unspecified atom stereocenters. The van der Waals surface area contributed by atoms with Crippen molar-refractivity contribution in [2.75, 3.05) is 13.1 Å². The number of hydrogen-bond donors (Lipinski definition) is 1. The summed E-state index contributed by atoms with van der Waals surface area (Å²) in [4.78, 5) is 1.52. The minimum Gasteiger partial charge on any atom is -0.316 e. The minimum absolute atomic E-state index is 0.762. The maximum Gasteiger partial charge on any atom is 0.00478 e. The summed E-state index contributed by atoms with van der Waals surface area (Å²) in [7, 11) is 0. The molecule has 1 rings (SSSR count). The van der Waals surface area contributed by atoms with Crippen LogP contribution in [0.2, 0.25) is 0 Å². The van der Waals surface area contributed by atoms with Crippen molar-refractivity contribution < 1.29 is 0 Å². The maximum atomic E-state index is 3.50. The second-order valence-corrected chi connectivity index (χ2v) is 5.81. The molecule has 0 saturated heterocycles. The smallest absolute Gasteiger partial charge is 0.00478 e. The summed E-state index contributed by atoms with van der Waals surface area (Å²) in [6, 6.07) is 4.38. The molecule has 0 aromatic carbocycles. The molecule has 0 fully saturated rings. The third-order valence-electron chi connectivity index (χ3n) is 2.50. The van der Waals surface area contributed by atoms with Gasteiger partial charge in [0.1, 0.15) is 0 Å². The monoisotopic (exact) mass is 225 g/mol. The summed E-state index contributed by atoms with van der Waals surface area (Å²) in [6.45, 7) is 9.15. The van der Waals surface area contributed by atoms with E-state index in [1.54, 1.807) is 0 Å². The Morgan fingerprint density at radius 3 is 2.73 bits per heavy atom. The van der Waals surface area contributed by atoms with Crippen molar-refractivity contribution >= 4 is 11.3 Å². The highest BCUT2D eigenvalue weighted by atomic mass is 32.1. The van der Waals surface area contributed by atoms with E-state index in [2.05, 4.69) is 43.6 Å².